The minimum atomic E-state index is -0.0952. The fourth-order valence-corrected chi connectivity index (χ4v) is 6.51. The highest BCUT2D eigenvalue weighted by molar-refractivity contribution is 6.10. The number of anilines is 3. The first-order valence-electron chi connectivity index (χ1n) is 13.6. The number of hydrogen-bond acceptors (Lipinski definition) is 3. The van der Waals surface area contributed by atoms with Crippen LogP contribution in [0, 0.1) is 0 Å². The zero-order valence-electron chi connectivity index (χ0n) is 22.4. The SMILES string of the molecule is CC1(C)c2ccccc2-c2ccc(N(c3ccc4c(c3)c3ccccc3n4-c3ccccc3)c3cnco3)cc21. The third kappa shape index (κ3) is 3.23. The second-order valence-corrected chi connectivity index (χ2v) is 11.0. The average molecular weight is 518 g/mol. The topological polar surface area (TPSA) is 34.2 Å². The van der Waals surface area contributed by atoms with Crippen LogP contribution in [0.15, 0.2) is 132 Å². The molecule has 0 spiro atoms. The minimum Gasteiger partial charge on any atom is -0.427 e. The third-order valence-corrected chi connectivity index (χ3v) is 8.39. The number of rotatable bonds is 4. The molecular formula is C36H27N3O. The lowest BCUT2D eigenvalue weighted by atomic mass is 9.82. The summed E-state index contributed by atoms with van der Waals surface area (Å²) in [4.78, 5) is 6.44. The van der Waals surface area contributed by atoms with Gasteiger partial charge in [-0.15, -0.1) is 0 Å². The molecule has 4 heteroatoms. The second kappa shape index (κ2) is 8.45. The molecular weight excluding hydrogens is 490 g/mol. The predicted molar refractivity (Wildman–Crippen MR) is 163 cm³/mol. The van der Waals surface area contributed by atoms with Crippen molar-refractivity contribution in [1.29, 1.82) is 0 Å². The zero-order valence-corrected chi connectivity index (χ0v) is 22.4. The summed E-state index contributed by atoms with van der Waals surface area (Å²) >= 11 is 0. The van der Waals surface area contributed by atoms with Gasteiger partial charge in [-0.1, -0.05) is 80.6 Å². The van der Waals surface area contributed by atoms with Gasteiger partial charge in [0.15, 0.2) is 6.39 Å². The maximum Gasteiger partial charge on any atom is 0.224 e. The molecule has 0 saturated carbocycles. The van der Waals surface area contributed by atoms with Crippen LogP contribution in [0.4, 0.5) is 17.3 Å². The molecule has 2 heterocycles. The molecule has 0 unspecified atom stereocenters. The molecule has 0 bridgehead atoms. The number of hydrogen-bond donors (Lipinski definition) is 0. The number of benzene rings is 5. The summed E-state index contributed by atoms with van der Waals surface area (Å²) in [6, 6.07) is 41.3. The van der Waals surface area contributed by atoms with Crippen LogP contribution >= 0.6 is 0 Å². The van der Waals surface area contributed by atoms with Crippen molar-refractivity contribution in [1.82, 2.24) is 9.55 Å². The minimum absolute atomic E-state index is 0.0952. The number of fused-ring (bicyclic) bond motifs is 6. The van der Waals surface area contributed by atoms with Gasteiger partial charge in [-0.2, -0.15) is 0 Å². The molecule has 8 rings (SSSR count). The molecule has 0 atom stereocenters. The highest BCUT2D eigenvalue weighted by Gasteiger charge is 2.35. The molecule has 0 radical (unpaired) electrons. The summed E-state index contributed by atoms with van der Waals surface area (Å²) < 4.78 is 8.26. The molecule has 7 aromatic rings. The van der Waals surface area contributed by atoms with E-state index < -0.39 is 0 Å². The number of aromatic nitrogens is 2. The Balaban J connectivity index is 1.34. The first-order chi connectivity index (χ1) is 19.6. The van der Waals surface area contributed by atoms with Gasteiger partial charge in [-0.05, 0) is 70.8 Å². The molecule has 5 aromatic carbocycles. The van der Waals surface area contributed by atoms with Crippen LogP contribution in [0.2, 0.25) is 0 Å². The van der Waals surface area contributed by atoms with Gasteiger partial charge in [-0.25, -0.2) is 4.98 Å². The lowest BCUT2D eigenvalue weighted by molar-refractivity contribution is 0.564. The van der Waals surface area contributed by atoms with E-state index in [4.69, 9.17) is 4.42 Å². The summed E-state index contributed by atoms with van der Waals surface area (Å²) in [6.45, 7) is 4.62. The summed E-state index contributed by atoms with van der Waals surface area (Å²) in [5, 5.41) is 2.40. The quantitative estimate of drug-likeness (QED) is 0.233. The van der Waals surface area contributed by atoms with Crippen LogP contribution in [-0.2, 0) is 5.41 Å². The molecule has 1 aliphatic carbocycles. The Hall–Kier alpha value is -5.09. The molecule has 1 aliphatic rings. The first-order valence-corrected chi connectivity index (χ1v) is 13.6. The van der Waals surface area contributed by atoms with Gasteiger partial charge in [0.25, 0.3) is 0 Å². The lowest BCUT2D eigenvalue weighted by Gasteiger charge is -2.26. The van der Waals surface area contributed by atoms with Gasteiger partial charge >= 0.3 is 0 Å². The standard InChI is InChI=1S/C36H27N3O/c1-36(2)31-14-8-6-12-27(31)28-18-16-26(21-32(28)36)38(35-22-37-23-40-35)25-17-19-34-30(20-25)29-13-7-9-15-33(29)39(34)24-10-4-3-5-11-24/h3-23H,1-2H3. The van der Waals surface area contributed by atoms with Crippen LogP contribution < -0.4 is 4.90 Å². The fourth-order valence-electron chi connectivity index (χ4n) is 6.51. The highest BCUT2D eigenvalue weighted by atomic mass is 16.4. The maximum atomic E-state index is 5.92. The Labute approximate surface area is 232 Å². The van der Waals surface area contributed by atoms with E-state index in [9.17, 15) is 0 Å². The van der Waals surface area contributed by atoms with Crippen molar-refractivity contribution in [3.8, 4) is 16.8 Å². The van der Waals surface area contributed by atoms with E-state index in [0.717, 1.165) is 17.1 Å². The number of nitrogens with zero attached hydrogens (tertiary/aromatic N) is 3. The summed E-state index contributed by atoms with van der Waals surface area (Å²) in [5.74, 6) is 0.680. The molecule has 0 amide bonds. The molecule has 0 saturated heterocycles. The Morgan fingerprint density at radius 3 is 2.20 bits per heavy atom. The summed E-state index contributed by atoms with van der Waals surface area (Å²) in [5.41, 5.74) is 10.8. The molecule has 0 aliphatic heterocycles. The van der Waals surface area contributed by atoms with Gasteiger partial charge in [0, 0.05) is 33.2 Å². The largest absolute Gasteiger partial charge is 0.427 e. The van der Waals surface area contributed by atoms with Crippen LogP contribution in [0.5, 0.6) is 0 Å². The van der Waals surface area contributed by atoms with Gasteiger partial charge < -0.3 is 8.98 Å². The van der Waals surface area contributed by atoms with Crippen LogP contribution in [0.1, 0.15) is 25.0 Å². The summed E-state index contributed by atoms with van der Waals surface area (Å²) in [7, 11) is 0. The van der Waals surface area contributed by atoms with Gasteiger partial charge in [-0.3, -0.25) is 4.90 Å². The van der Waals surface area contributed by atoms with Crippen LogP contribution in [0.3, 0.4) is 0 Å². The van der Waals surface area contributed by atoms with E-state index >= 15 is 0 Å². The van der Waals surface area contributed by atoms with Crippen molar-refractivity contribution in [2.45, 2.75) is 19.3 Å². The van der Waals surface area contributed by atoms with E-state index in [0.29, 0.717) is 5.88 Å². The van der Waals surface area contributed by atoms with Crippen molar-refractivity contribution >= 4 is 39.1 Å². The van der Waals surface area contributed by atoms with E-state index in [1.165, 1.54) is 50.5 Å². The van der Waals surface area contributed by atoms with E-state index in [2.05, 4.69) is 144 Å². The Bertz CT molecular complexity index is 2030. The summed E-state index contributed by atoms with van der Waals surface area (Å²) in [6.07, 6.45) is 3.28. The monoisotopic (exact) mass is 517 g/mol. The van der Waals surface area contributed by atoms with Gasteiger partial charge in [0.05, 0.1) is 17.2 Å². The van der Waals surface area contributed by atoms with Gasteiger partial charge in [0.2, 0.25) is 5.88 Å². The van der Waals surface area contributed by atoms with Crippen LogP contribution in [-0.4, -0.2) is 9.55 Å². The fraction of sp³-hybridized carbons (Fsp3) is 0.0833. The van der Waals surface area contributed by atoms with E-state index in [1.807, 2.05) is 0 Å². The molecule has 4 nitrogen and oxygen atoms in total. The molecule has 0 fully saturated rings. The highest BCUT2D eigenvalue weighted by Crippen LogP contribution is 2.50. The lowest BCUT2D eigenvalue weighted by Crippen LogP contribution is -2.16. The van der Waals surface area contributed by atoms with Gasteiger partial charge in [0.1, 0.15) is 0 Å². The zero-order chi connectivity index (χ0) is 26.8. The molecule has 40 heavy (non-hydrogen) atoms. The molecule has 192 valence electrons. The number of oxazole rings is 1. The van der Waals surface area contributed by atoms with Crippen molar-refractivity contribution in [3.63, 3.8) is 0 Å². The third-order valence-electron chi connectivity index (χ3n) is 8.39. The number of para-hydroxylation sites is 2. The molecule has 2 aromatic heterocycles. The Kier molecular flexibility index (Phi) is 4.83. The van der Waals surface area contributed by atoms with E-state index in [-0.39, 0.29) is 5.41 Å². The predicted octanol–water partition coefficient (Wildman–Crippen LogP) is 9.55. The first kappa shape index (κ1) is 22.9. The maximum absolute atomic E-state index is 5.92. The second-order valence-electron chi connectivity index (χ2n) is 11.0. The molecule has 0 N–H and O–H groups in total. The van der Waals surface area contributed by atoms with Crippen molar-refractivity contribution in [2.24, 2.45) is 0 Å². The Morgan fingerprint density at radius 1 is 0.650 bits per heavy atom. The average Bonchev–Trinajstić information content (AvgIpc) is 3.69. The van der Waals surface area contributed by atoms with Crippen molar-refractivity contribution in [3.05, 3.63) is 139 Å². The van der Waals surface area contributed by atoms with Crippen molar-refractivity contribution in [2.75, 3.05) is 4.90 Å². The van der Waals surface area contributed by atoms with Crippen LogP contribution in [0.25, 0.3) is 38.6 Å². The Morgan fingerprint density at radius 2 is 1.35 bits per heavy atom. The van der Waals surface area contributed by atoms with Crippen molar-refractivity contribution < 1.29 is 4.42 Å². The normalized spacial score (nSPS) is 13.4. The van der Waals surface area contributed by atoms with E-state index in [1.54, 1.807) is 6.20 Å². The smallest absolute Gasteiger partial charge is 0.224 e.